The molecule has 2 aromatic heterocycles. The number of hydrogen-bond donors (Lipinski definition) is 1. The van der Waals surface area contributed by atoms with Gasteiger partial charge >= 0.3 is 0 Å². The summed E-state index contributed by atoms with van der Waals surface area (Å²) in [5, 5.41) is 8.64. The number of aromatic amines is 1. The second kappa shape index (κ2) is 4.54. The number of benzene rings is 4. The Morgan fingerprint density at radius 2 is 1.16 bits per heavy atom. The first-order valence-corrected chi connectivity index (χ1v) is 8.36. The monoisotopic (exact) mass is 319 g/mol. The number of pyridine rings is 1. The average Bonchev–Trinajstić information content (AvgIpc) is 3.17. The van der Waals surface area contributed by atoms with Crippen LogP contribution in [-0.2, 0) is 0 Å². The third-order valence-electron chi connectivity index (χ3n) is 5.13. The van der Waals surface area contributed by atoms with Gasteiger partial charge in [0.15, 0.2) is 0 Å². The fourth-order valence-electron chi connectivity index (χ4n) is 4.14. The summed E-state index contributed by atoms with van der Waals surface area (Å²) >= 11 is 0. The van der Waals surface area contributed by atoms with Gasteiger partial charge < -0.3 is 4.98 Å². The molecule has 0 aliphatic carbocycles. The zero-order chi connectivity index (χ0) is 16.4. The first-order chi connectivity index (χ1) is 12.4. The van der Waals surface area contributed by atoms with Crippen molar-refractivity contribution in [2.75, 3.05) is 0 Å². The van der Waals surface area contributed by atoms with E-state index in [1.165, 1.54) is 37.7 Å². The molecule has 0 atom stereocenters. The molecule has 1 N–H and O–H groups in total. The Hall–Kier alpha value is -3.46. The minimum atomic E-state index is 0.934. The summed E-state index contributed by atoms with van der Waals surface area (Å²) in [5.41, 5.74) is 2.94. The fourth-order valence-corrected chi connectivity index (χ4v) is 4.14. The number of rotatable bonds is 0. The number of nitrogens with one attached hydrogen (secondary N) is 1. The Kier molecular flexibility index (Phi) is 2.35. The Balaban J connectivity index is 2.15. The molecule has 0 aliphatic heterocycles. The van der Waals surface area contributed by atoms with Crippen LogP contribution in [0.25, 0.3) is 54.3 Å². The SMILES string of the molecule is c1ccc2c(c1)c1ccccc1c1c3ncnc3c3[nH]cccc3c21. The Morgan fingerprint density at radius 1 is 0.560 bits per heavy atom. The van der Waals surface area contributed by atoms with Crippen molar-refractivity contribution in [2.45, 2.75) is 0 Å². The van der Waals surface area contributed by atoms with Crippen LogP contribution >= 0.6 is 0 Å². The Morgan fingerprint density at radius 3 is 1.92 bits per heavy atom. The van der Waals surface area contributed by atoms with Crippen molar-refractivity contribution in [1.82, 2.24) is 15.0 Å². The molecule has 3 heteroatoms. The third-order valence-corrected chi connectivity index (χ3v) is 5.13. The molecule has 116 valence electrons. The molecule has 0 saturated heterocycles. The highest BCUT2D eigenvalue weighted by molar-refractivity contribution is 6.37. The predicted octanol–water partition coefficient (Wildman–Crippen LogP) is 5.57. The summed E-state index contributed by atoms with van der Waals surface area (Å²) in [7, 11) is 0. The van der Waals surface area contributed by atoms with Gasteiger partial charge in [0.1, 0.15) is 17.4 Å². The van der Waals surface area contributed by atoms with E-state index in [2.05, 4.69) is 69.5 Å². The van der Waals surface area contributed by atoms with Crippen LogP contribution in [0.4, 0.5) is 0 Å². The van der Waals surface area contributed by atoms with Crippen molar-refractivity contribution in [3.8, 4) is 0 Å². The van der Waals surface area contributed by atoms with Crippen molar-refractivity contribution in [2.24, 2.45) is 0 Å². The molecule has 3 nitrogen and oxygen atoms in total. The lowest BCUT2D eigenvalue weighted by Crippen LogP contribution is -1.89. The molecule has 0 unspecified atom stereocenters. The van der Waals surface area contributed by atoms with Crippen molar-refractivity contribution < 1.29 is 0 Å². The van der Waals surface area contributed by atoms with Gasteiger partial charge in [0, 0.05) is 22.4 Å². The molecule has 2 heterocycles. The lowest BCUT2D eigenvalue weighted by molar-refractivity contribution is 1.34. The van der Waals surface area contributed by atoms with Gasteiger partial charge in [-0.15, -0.1) is 0 Å². The summed E-state index contributed by atoms with van der Waals surface area (Å²) in [4.78, 5) is 12.5. The maximum atomic E-state index is 4.62. The first-order valence-electron chi connectivity index (χ1n) is 8.36. The van der Waals surface area contributed by atoms with E-state index in [4.69, 9.17) is 0 Å². The van der Waals surface area contributed by atoms with Crippen LogP contribution in [0.2, 0.25) is 0 Å². The standard InChI is InChI=1S/C22H13N3/c1-3-8-15-13(6-1)14-7-2-4-9-16(14)19-18(15)17-10-5-11-23-20(17)22-21(19)24-12-25-22/h1-12,23H. The second-order valence-corrected chi connectivity index (χ2v) is 6.37. The summed E-state index contributed by atoms with van der Waals surface area (Å²) in [6.07, 6.45) is 3.61. The van der Waals surface area contributed by atoms with Crippen molar-refractivity contribution in [3.63, 3.8) is 0 Å². The van der Waals surface area contributed by atoms with E-state index in [0.717, 1.165) is 16.6 Å². The lowest BCUT2D eigenvalue weighted by Gasteiger charge is -2.13. The number of imidazole rings is 1. The minimum Gasteiger partial charge on any atom is -0.359 e. The average molecular weight is 319 g/mol. The highest BCUT2D eigenvalue weighted by Crippen LogP contribution is 2.41. The quantitative estimate of drug-likeness (QED) is 0.372. The van der Waals surface area contributed by atoms with Crippen LogP contribution < -0.4 is 0 Å². The van der Waals surface area contributed by atoms with Gasteiger partial charge in [-0.05, 0) is 27.6 Å². The predicted molar refractivity (Wildman–Crippen MR) is 104 cm³/mol. The minimum absolute atomic E-state index is 0.934. The molecule has 6 rings (SSSR count). The summed E-state index contributed by atoms with van der Waals surface area (Å²) < 4.78 is 0. The maximum Gasteiger partial charge on any atom is 0.117 e. The molecule has 6 aromatic rings. The molecule has 25 heavy (non-hydrogen) atoms. The van der Waals surface area contributed by atoms with Gasteiger partial charge in [0.05, 0.1) is 5.52 Å². The molecule has 0 amide bonds. The highest BCUT2D eigenvalue weighted by atomic mass is 14.9. The zero-order valence-corrected chi connectivity index (χ0v) is 13.3. The summed E-state index contributed by atoms with van der Waals surface area (Å²) in [6.45, 7) is 0. The van der Waals surface area contributed by atoms with E-state index >= 15 is 0 Å². The van der Waals surface area contributed by atoms with E-state index in [0.29, 0.717) is 0 Å². The van der Waals surface area contributed by atoms with Crippen LogP contribution in [0.1, 0.15) is 0 Å². The van der Waals surface area contributed by atoms with Gasteiger partial charge in [-0.3, -0.25) is 0 Å². The number of nitrogens with zero attached hydrogens (tertiary/aromatic N) is 2. The van der Waals surface area contributed by atoms with Crippen LogP contribution in [0, 0.1) is 0 Å². The number of fused-ring (bicyclic) bond motifs is 11. The second-order valence-electron chi connectivity index (χ2n) is 6.37. The molecule has 0 radical (unpaired) electrons. The highest BCUT2D eigenvalue weighted by Gasteiger charge is 2.17. The smallest absolute Gasteiger partial charge is 0.117 e. The molecule has 0 saturated carbocycles. The van der Waals surface area contributed by atoms with E-state index in [1.807, 2.05) is 12.3 Å². The van der Waals surface area contributed by atoms with Crippen molar-refractivity contribution in [3.05, 3.63) is 73.2 Å². The van der Waals surface area contributed by atoms with Gasteiger partial charge in [0.2, 0.25) is 0 Å². The summed E-state index contributed by atoms with van der Waals surface area (Å²) in [5.74, 6) is 0. The molecule has 4 aromatic carbocycles. The maximum absolute atomic E-state index is 4.62. The molecular weight excluding hydrogens is 306 g/mol. The Labute approximate surface area is 142 Å². The van der Waals surface area contributed by atoms with Crippen LogP contribution in [-0.4, -0.2) is 15.0 Å². The lowest BCUT2D eigenvalue weighted by atomic mass is 9.91. The van der Waals surface area contributed by atoms with E-state index in [1.54, 1.807) is 6.33 Å². The van der Waals surface area contributed by atoms with E-state index in [9.17, 15) is 0 Å². The molecule has 0 fully saturated rings. The third kappa shape index (κ3) is 1.55. The van der Waals surface area contributed by atoms with E-state index < -0.39 is 0 Å². The normalized spacial score (nSPS) is 12.0. The Bertz CT molecular complexity index is 1440. The first kappa shape index (κ1) is 12.9. The molecule has 0 spiro atoms. The number of H-pyrrole nitrogens is 1. The molecular formula is C22H13N3. The van der Waals surface area contributed by atoms with Crippen molar-refractivity contribution >= 4 is 54.3 Å². The van der Waals surface area contributed by atoms with Crippen LogP contribution in [0.5, 0.6) is 0 Å². The number of aromatic nitrogens is 3. The molecule has 0 bridgehead atoms. The molecule has 0 aliphatic rings. The van der Waals surface area contributed by atoms with Gasteiger partial charge in [-0.2, -0.15) is 0 Å². The largest absolute Gasteiger partial charge is 0.359 e. The van der Waals surface area contributed by atoms with Crippen LogP contribution in [0.15, 0.2) is 73.2 Å². The van der Waals surface area contributed by atoms with Gasteiger partial charge in [-0.1, -0.05) is 54.6 Å². The zero-order valence-electron chi connectivity index (χ0n) is 13.3. The number of hydrogen-bond acceptors (Lipinski definition) is 2. The summed E-state index contributed by atoms with van der Waals surface area (Å²) in [6, 6.07) is 21.4. The van der Waals surface area contributed by atoms with E-state index in [-0.39, 0.29) is 0 Å². The van der Waals surface area contributed by atoms with Crippen LogP contribution in [0.3, 0.4) is 0 Å². The fraction of sp³-hybridized carbons (Fsp3) is 0. The van der Waals surface area contributed by atoms with Gasteiger partial charge in [-0.25, -0.2) is 9.97 Å². The van der Waals surface area contributed by atoms with Gasteiger partial charge in [0.25, 0.3) is 0 Å². The van der Waals surface area contributed by atoms with Crippen molar-refractivity contribution in [1.29, 1.82) is 0 Å². The topological polar surface area (TPSA) is 41.6 Å².